The lowest BCUT2D eigenvalue weighted by molar-refractivity contribution is -0.274. The summed E-state index contributed by atoms with van der Waals surface area (Å²) in [7, 11) is 0. The van der Waals surface area contributed by atoms with E-state index < -0.39 is 6.36 Å². The summed E-state index contributed by atoms with van der Waals surface area (Å²) >= 11 is 6.02. The Kier molecular flexibility index (Phi) is 6.60. The van der Waals surface area contributed by atoms with Crippen LogP contribution in [-0.2, 0) is 11.3 Å². The van der Waals surface area contributed by atoms with Gasteiger partial charge in [0.15, 0.2) is 0 Å². The van der Waals surface area contributed by atoms with Crippen LogP contribution in [0.15, 0.2) is 66.7 Å². The molecular formula is C24H21ClF3NO3. The molecule has 0 saturated carbocycles. The van der Waals surface area contributed by atoms with Crippen LogP contribution in [0.2, 0.25) is 5.02 Å². The lowest BCUT2D eigenvalue weighted by atomic mass is 9.97. The Morgan fingerprint density at radius 1 is 1.03 bits per heavy atom. The molecule has 0 aliphatic carbocycles. The van der Waals surface area contributed by atoms with Crippen LogP contribution in [0, 0.1) is 0 Å². The van der Waals surface area contributed by atoms with E-state index in [1.165, 1.54) is 12.1 Å². The molecule has 168 valence electrons. The van der Waals surface area contributed by atoms with E-state index in [1.807, 2.05) is 36.4 Å². The van der Waals surface area contributed by atoms with Crippen molar-refractivity contribution in [2.45, 2.75) is 18.9 Å². The van der Waals surface area contributed by atoms with Crippen molar-refractivity contribution in [3.63, 3.8) is 0 Å². The van der Waals surface area contributed by atoms with Gasteiger partial charge in [-0.15, -0.1) is 13.2 Å². The number of phenolic OH excluding ortho intramolecular Hbond substituents is 1. The molecule has 4 rings (SSSR count). The maximum absolute atomic E-state index is 13.0. The third-order valence-corrected chi connectivity index (χ3v) is 5.62. The smallest absolute Gasteiger partial charge is 0.508 e. The Morgan fingerprint density at radius 2 is 1.78 bits per heavy atom. The predicted molar refractivity (Wildman–Crippen MR) is 116 cm³/mol. The molecule has 1 saturated heterocycles. The Labute approximate surface area is 188 Å². The zero-order valence-electron chi connectivity index (χ0n) is 17.0. The molecule has 1 N–H and O–H groups in total. The number of ether oxygens (including phenoxy) is 2. The molecule has 8 heteroatoms. The highest BCUT2D eigenvalue weighted by Crippen LogP contribution is 2.39. The second kappa shape index (κ2) is 9.40. The molecule has 3 aromatic rings. The number of benzene rings is 3. The monoisotopic (exact) mass is 463 g/mol. The molecule has 0 bridgehead atoms. The summed E-state index contributed by atoms with van der Waals surface area (Å²) < 4.78 is 48.8. The molecule has 0 radical (unpaired) electrons. The lowest BCUT2D eigenvalue weighted by Crippen LogP contribution is -2.39. The van der Waals surface area contributed by atoms with Crippen LogP contribution >= 0.6 is 11.6 Å². The number of rotatable bonds is 5. The van der Waals surface area contributed by atoms with Crippen molar-refractivity contribution >= 4 is 11.6 Å². The highest BCUT2D eigenvalue weighted by Gasteiger charge is 2.33. The van der Waals surface area contributed by atoms with Crippen LogP contribution in [0.5, 0.6) is 11.5 Å². The highest BCUT2D eigenvalue weighted by molar-refractivity contribution is 6.30. The summed E-state index contributed by atoms with van der Waals surface area (Å²) in [6.45, 7) is 2.20. The predicted octanol–water partition coefficient (Wildman–Crippen LogP) is 6.18. The minimum Gasteiger partial charge on any atom is -0.508 e. The molecule has 3 aromatic carbocycles. The fourth-order valence-electron chi connectivity index (χ4n) is 3.90. The van der Waals surface area contributed by atoms with E-state index in [4.69, 9.17) is 16.3 Å². The number of morpholine rings is 1. The van der Waals surface area contributed by atoms with E-state index in [0.29, 0.717) is 36.9 Å². The number of hydrogen-bond acceptors (Lipinski definition) is 4. The molecule has 1 unspecified atom stereocenters. The highest BCUT2D eigenvalue weighted by atomic mass is 35.5. The van der Waals surface area contributed by atoms with Gasteiger partial charge in [0.25, 0.3) is 0 Å². The molecule has 0 aromatic heterocycles. The van der Waals surface area contributed by atoms with Crippen LogP contribution in [0.25, 0.3) is 11.1 Å². The van der Waals surface area contributed by atoms with Gasteiger partial charge < -0.3 is 14.6 Å². The van der Waals surface area contributed by atoms with Gasteiger partial charge >= 0.3 is 6.36 Å². The molecule has 1 fully saturated rings. The van der Waals surface area contributed by atoms with Gasteiger partial charge in [-0.1, -0.05) is 48.0 Å². The summed E-state index contributed by atoms with van der Waals surface area (Å²) in [4.78, 5) is 2.22. The first-order chi connectivity index (χ1) is 15.3. The van der Waals surface area contributed by atoms with Gasteiger partial charge in [0.1, 0.15) is 11.5 Å². The maximum Gasteiger partial charge on any atom is 0.573 e. The summed E-state index contributed by atoms with van der Waals surface area (Å²) in [6, 6.07) is 18.3. The van der Waals surface area contributed by atoms with Crippen molar-refractivity contribution in [3.8, 4) is 22.6 Å². The van der Waals surface area contributed by atoms with Crippen molar-refractivity contribution in [2.75, 3.05) is 19.8 Å². The zero-order valence-corrected chi connectivity index (χ0v) is 17.7. The average Bonchev–Trinajstić information content (AvgIpc) is 2.76. The molecular weight excluding hydrogens is 443 g/mol. The third-order valence-electron chi connectivity index (χ3n) is 5.36. The number of hydrogen-bond donors (Lipinski definition) is 1. The molecule has 4 nitrogen and oxygen atoms in total. The van der Waals surface area contributed by atoms with Crippen molar-refractivity contribution in [1.82, 2.24) is 4.90 Å². The second-order valence-electron chi connectivity index (χ2n) is 7.50. The Bertz CT molecular complexity index is 1070. The van der Waals surface area contributed by atoms with E-state index in [9.17, 15) is 18.3 Å². The quantitative estimate of drug-likeness (QED) is 0.490. The minimum absolute atomic E-state index is 0.0239. The van der Waals surface area contributed by atoms with Gasteiger partial charge in [0.05, 0.1) is 19.3 Å². The Hall–Kier alpha value is -2.74. The number of nitrogens with zero attached hydrogens (tertiary/aromatic N) is 1. The normalized spacial score (nSPS) is 17.3. The van der Waals surface area contributed by atoms with E-state index in [1.54, 1.807) is 12.1 Å². The second-order valence-corrected chi connectivity index (χ2v) is 7.93. The Morgan fingerprint density at radius 3 is 2.53 bits per heavy atom. The number of aromatic hydroxyl groups is 1. The van der Waals surface area contributed by atoms with E-state index in [-0.39, 0.29) is 23.1 Å². The third kappa shape index (κ3) is 5.35. The van der Waals surface area contributed by atoms with Gasteiger partial charge in [-0.2, -0.15) is 0 Å². The van der Waals surface area contributed by atoms with E-state index in [0.717, 1.165) is 17.2 Å². The first-order valence-electron chi connectivity index (χ1n) is 10.0. The van der Waals surface area contributed by atoms with Crippen LogP contribution in [0.4, 0.5) is 13.2 Å². The SMILES string of the molecule is Oc1ccc(OC(F)(F)F)c(-c2ccccc2CN2CCOCC2c2ccc(Cl)cc2)c1. The minimum atomic E-state index is -4.84. The molecule has 32 heavy (non-hydrogen) atoms. The first kappa shape index (κ1) is 22.5. The van der Waals surface area contributed by atoms with Crippen LogP contribution in [0.1, 0.15) is 17.2 Å². The lowest BCUT2D eigenvalue weighted by Gasteiger charge is -2.36. The maximum atomic E-state index is 13.0. The molecule has 0 amide bonds. The number of alkyl halides is 3. The van der Waals surface area contributed by atoms with Gasteiger partial charge in [-0.05, 0) is 47.0 Å². The van der Waals surface area contributed by atoms with Crippen molar-refractivity contribution in [2.24, 2.45) is 0 Å². The summed E-state index contributed by atoms with van der Waals surface area (Å²) in [6.07, 6.45) is -4.84. The zero-order chi connectivity index (χ0) is 22.7. The van der Waals surface area contributed by atoms with Crippen LogP contribution in [-0.4, -0.2) is 36.1 Å². The van der Waals surface area contributed by atoms with E-state index >= 15 is 0 Å². The molecule has 1 heterocycles. The summed E-state index contributed by atoms with van der Waals surface area (Å²) in [5, 5.41) is 10.6. The molecule has 1 atom stereocenters. The van der Waals surface area contributed by atoms with Crippen LogP contribution < -0.4 is 4.74 Å². The average molecular weight is 464 g/mol. The summed E-state index contributed by atoms with van der Waals surface area (Å²) in [5.74, 6) is -0.506. The number of halogens is 4. The van der Waals surface area contributed by atoms with Crippen molar-refractivity contribution in [1.29, 1.82) is 0 Å². The molecule has 1 aliphatic heterocycles. The number of phenols is 1. The Balaban J connectivity index is 1.68. The van der Waals surface area contributed by atoms with E-state index in [2.05, 4.69) is 9.64 Å². The van der Waals surface area contributed by atoms with Gasteiger partial charge in [0.2, 0.25) is 0 Å². The van der Waals surface area contributed by atoms with Crippen molar-refractivity contribution in [3.05, 3.63) is 82.9 Å². The van der Waals surface area contributed by atoms with Gasteiger partial charge in [-0.3, -0.25) is 4.90 Å². The fraction of sp³-hybridized carbons (Fsp3) is 0.250. The largest absolute Gasteiger partial charge is 0.573 e. The van der Waals surface area contributed by atoms with Gasteiger partial charge in [0, 0.05) is 23.7 Å². The van der Waals surface area contributed by atoms with Gasteiger partial charge in [-0.25, -0.2) is 0 Å². The first-order valence-corrected chi connectivity index (χ1v) is 10.4. The molecule has 1 aliphatic rings. The molecule has 0 spiro atoms. The summed E-state index contributed by atoms with van der Waals surface area (Å²) in [5.41, 5.74) is 2.59. The van der Waals surface area contributed by atoms with Crippen molar-refractivity contribution < 1.29 is 27.8 Å². The fourth-order valence-corrected chi connectivity index (χ4v) is 4.03. The topological polar surface area (TPSA) is 41.9 Å². The standard InChI is InChI=1S/C24H21ClF3NO3/c25-18-7-5-16(6-8-18)22-15-31-12-11-29(22)14-17-3-1-2-4-20(17)21-13-19(30)9-10-23(21)32-24(26,27)28/h1-10,13,22,30H,11-12,14-15H2. The van der Waals surface area contributed by atoms with Crippen LogP contribution in [0.3, 0.4) is 0 Å².